The first-order valence-electron chi connectivity index (χ1n) is 24.3. The van der Waals surface area contributed by atoms with E-state index in [0.717, 1.165) is 0 Å². The maximum absolute atomic E-state index is 14.9. The predicted molar refractivity (Wildman–Crippen MR) is 254 cm³/mol. The van der Waals surface area contributed by atoms with Crippen LogP contribution in [0.15, 0.2) is 0 Å². The van der Waals surface area contributed by atoms with Gasteiger partial charge in [-0.3, -0.25) is 14.4 Å². The maximum atomic E-state index is 14.9. The first-order valence-corrected chi connectivity index (χ1v) is 24.3. The van der Waals surface area contributed by atoms with Gasteiger partial charge in [0.05, 0.1) is 22.6 Å². The van der Waals surface area contributed by atoms with E-state index in [2.05, 4.69) is 0 Å². The van der Waals surface area contributed by atoms with Crippen molar-refractivity contribution < 1.29 is 71.2 Å². The summed E-state index contributed by atoms with van der Waals surface area (Å²) in [6, 6.07) is 0. The van der Waals surface area contributed by atoms with Gasteiger partial charge in [0, 0.05) is 122 Å². The van der Waals surface area contributed by atoms with E-state index in [9.17, 15) is 14.4 Å². The summed E-state index contributed by atoms with van der Waals surface area (Å²) in [4.78, 5) is 49.7. The van der Waals surface area contributed by atoms with Gasteiger partial charge in [-0.05, 0) is 41.5 Å². The van der Waals surface area contributed by atoms with Crippen LogP contribution in [-0.4, -0.2) is 106 Å². The minimum absolute atomic E-state index is 0.0719. The molecule has 0 saturated carbocycles. The summed E-state index contributed by atoms with van der Waals surface area (Å²) in [7, 11) is 0. The van der Waals surface area contributed by atoms with Crippen LogP contribution in [0.4, 0.5) is 0 Å². The average Bonchev–Trinajstić information content (AvgIpc) is 4.07. The van der Waals surface area contributed by atoms with Gasteiger partial charge in [-0.25, -0.2) is 0 Å². The fourth-order valence-corrected chi connectivity index (χ4v) is 9.87. The first kappa shape index (κ1) is 48.7. The van der Waals surface area contributed by atoms with Crippen LogP contribution in [0.3, 0.4) is 0 Å². The highest BCUT2D eigenvalue weighted by Gasteiger charge is 2.58. The molecular formula is C52H66N3O15. The molecule has 3 aromatic carbocycles. The van der Waals surface area contributed by atoms with Crippen LogP contribution in [-0.2, 0) is 0 Å². The van der Waals surface area contributed by atoms with E-state index in [1.165, 1.54) is 0 Å². The third-order valence-corrected chi connectivity index (χ3v) is 12.7. The van der Waals surface area contributed by atoms with Crippen molar-refractivity contribution in [1.29, 1.82) is 0 Å². The van der Waals surface area contributed by atoms with Crippen LogP contribution < -0.4 is 56.8 Å². The lowest BCUT2D eigenvalue weighted by molar-refractivity contribution is -0.0496. The van der Waals surface area contributed by atoms with Gasteiger partial charge in [-0.1, -0.05) is 0 Å². The zero-order valence-electron chi connectivity index (χ0n) is 43.7. The molecule has 0 atom stereocenters. The monoisotopic (exact) mass is 972 g/mol. The van der Waals surface area contributed by atoms with E-state index in [1.54, 1.807) is 97.8 Å². The lowest BCUT2D eigenvalue weighted by atomic mass is 9.79. The van der Waals surface area contributed by atoms with Crippen molar-refractivity contribution in [2.45, 2.75) is 159 Å². The van der Waals surface area contributed by atoms with Crippen LogP contribution in [0.2, 0.25) is 0 Å². The van der Waals surface area contributed by atoms with Gasteiger partial charge in [-0.15, -0.1) is 0 Å². The molecule has 6 aliphatic rings. The Morgan fingerprint density at radius 1 is 0.271 bits per heavy atom. The lowest BCUT2D eigenvalue weighted by Crippen LogP contribution is -2.33. The molecule has 3 aromatic rings. The molecule has 0 unspecified atom stereocenters. The highest BCUT2D eigenvalue weighted by molar-refractivity contribution is 6.07. The van der Waals surface area contributed by atoms with E-state index in [1.807, 2.05) is 41.5 Å². The highest BCUT2D eigenvalue weighted by Crippen LogP contribution is 2.70. The molecule has 0 saturated heterocycles. The normalized spacial score (nSPS) is 19.4. The summed E-state index contributed by atoms with van der Waals surface area (Å²) in [6.07, 6.45) is 0. The van der Waals surface area contributed by atoms with Gasteiger partial charge < -0.3 is 71.5 Å². The molecule has 0 bridgehead atoms. The molecule has 6 aliphatic heterocycles. The second-order valence-electron chi connectivity index (χ2n) is 20.6. The molecule has 18 heteroatoms. The first-order chi connectivity index (χ1) is 32.6. The van der Waals surface area contributed by atoms with Gasteiger partial charge in [-0.2, -0.15) is 0 Å². The summed E-state index contributed by atoms with van der Waals surface area (Å²) in [5, 5.41) is 0. The van der Waals surface area contributed by atoms with Gasteiger partial charge in [0.15, 0.2) is 69.0 Å². The Kier molecular flexibility index (Phi) is 11.0. The van der Waals surface area contributed by atoms with Crippen molar-refractivity contribution >= 4 is 17.7 Å². The van der Waals surface area contributed by atoms with E-state index >= 15 is 0 Å². The highest BCUT2D eigenvalue weighted by atomic mass is 16.8. The second-order valence-corrected chi connectivity index (χ2v) is 20.6. The van der Waals surface area contributed by atoms with Crippen LogP contribution >= 0.6 is 0 Å². The number of nitrogens with zero attached hydrogens (tertiary/aromatic N) is 3. The fourth-order valence-electron chi connectivity index (χ4n) is 9.87. The van der Waals surface area contributed by atoms with Crippen molar-refractivity contribution in [3.05, 3.63) is 39.3 Å². The third kappa shape index (κ3) is 7.53. The molecule has 379 valence electrons. The summed E-state index contributed by atoms with van der Waals surface area (Å²) in [6.45, 7) is 34.3. The molecule has 70 heavy (non-hydrogen) atoms. The lowest BCUT2D eigenvalue weighted by Gasteiger charge is -2.28. The predicted octanol–water partition coefficient (Wildman–Crippen LogP) is 9.20. The number of hydrogen-bond acceptors (Lipinski definition) is 15. The average molecular weight is 973 g/mol. The van der Waals surface area contributed by atoms with Crippen molar-refractivity contribution in [2.75, 3.05) is 39.3 Å². The molecule has 0 spiro atoms. The van der Waals surface area contributed by atoms with Crippen molar-refractivity contribution in [1.82, 2.24) is 14.7 Å². The second kappa shape index (κ2) is 15.8. The van der Waals surface area contributed by atoms with Crippen LogP contribution in [0.5, 0.6) is 69.0 Å². The van der Waals surface area contributed by atoms with Crippen molar-refractivity contribution in [3.63, 3.8) is 0 Å². The van der Waals surface area contributed by atoms with E-state index in [-0.39, 0.29) is 126 Å². The van der Waals surface area contributed by atoms with Crippen LogP contribution in [0.1, 0.15) is 172 Å². The molecule has 0 N–H and O–H groups in total. The smallest absolute Gasteiger partial charge is 0.261 e. The SMILES string of the molecule is CCN(CC)C(=O)c1c2c(c([C](c3c4c(c(C(=O)N(CC)CC)c5c3OC(C)(C)O5)OC(C)(C)O4)c3c4c(c(C(=O)N(CC)CC)c5c3OC(C)(C)O5)OC(C)(C)O4)c3c1OC(C)(C)O3)OC(C)(C)O2. The summed E-state index contributed by atoms with van der Waals surface area (Å²) in [5.41, 5.74) is 0.797. The van der Waals surface area contributed by atoms with E-state index < -0.39 is 34.7 Å². The zero-order chi connectivity index (χ0) is 51.2. The fraction of sp³-hybridized carbons (Fsp3) is 0.577. The number of amides is 3. The summed E-state index contributed by atoms with van der Waals surface area (Å²) < 4.78 is 81.7. The number of hydrogen-bond donors (Lipinski definition) is 0. The van der Waals surface area contributed by atoms with Gasteiger partial charge >= 0.3 is 0 Å². The van der Waals surface area contributed by atoms with Crippen molar-refractivity contribution in [2.24, 2.45) is 0 Å². The Hall–Kier alpha value is -6.33. The maximum Gasteiger partial charge on any atom is 0.261 e. The summed E-state index contributed by atoms with van der Waals surface area (Å²) in [5.74, 6) is -8.27. The molecule has 3 amide bonds. The standard InChI is InChI=1S/C52H66N3O15/c1-19-53(20-2)44(56)29-38-32(59-47(7,8)65-38)26(33-39(29)66-48(9,10)60-33)25(27-34-40(67-49(11,12)61-34)30(45(57)54(21-3)22-4)41-35(27)62-50(13,14)68-41)28-36-42(69-51(15,16)63-36)31(46(58)55(23-5)24-6)43-37(28)64-52(17,18)70-43/h19-24H2,1-18H3. The largest absolute Gasteiger partial charge is 0.449 e. The number of benzene rings is 3. The molecule has 6 heterocycles. The number of ether oxygens (including phenoxy) is 12. The Balaban J connectivity index is 1.53. The minimum Gasteiger partial charge on any atom is -0.449 e. The molecular weight excluding hydrogens is 907 g/mol. The van der Waals surface area contributed by atoms with Crippen molar-refractivity contribution in [3.8, 4) is 69.0 Å². The van der Waals surface area contributed by atoms with Crippen LogP contribution in [0.25, 0.3) is 0 Å². The van der Waals surface area contributed by atoms with Gasteiger partial charge in [0.2, 0.25) is 34.7 Å². The van der Waals surface area contributed by atoms with Gasteiger partial charge in [0.1, 0.15) is 16.7 Å². The molecule has 0 fully saturated rings. The third-order valence-electron chi connectivity index (χ3n) is 12.7. The number of fused-ring (bicyclic) bond motifs is 6. The molecule has 18 nitrogen and oxygen atoms in total. The Labute approximate surface area is 409 Å². The number of carbonyl (C=O) groups is 3. The van der Waals surface area contributed by atoms with Gasteiger partial charge in [0.25, 0.3) is 17.7 Å². The van der Waals surface area contributed by atoms with E-state index in [0.29, 0.717) is 39.3 Å². The zero-order valence-corrected chi connectivity index (χ0v) is 43.7. The minimum atomic E-state index is -1.37. The molecule has 1 radical (unpaired) electrons. The summed E-state index contributed by atoms with van der Waals surface area (Å²) >= 11 is 0. The number of rotatable bonds is 12. The Bertz CT molecular complexity index is 2310. The topological polar surface area (TPSA) is 172 Å². The molecule has 0 aliphatic carbocycles. The van der Waals surface area contributed by atoms with E-state index in [4.69, 9.17) is 56.8 Å². The Morgan fingerprint density at radius 2 is 0.400 bits per heavy atom. The quantitative estimate of drug-likeness (QED) is 0.157. The Morgan fingerprint density at radius 3 is 0.529 bits per heavy atom. The number of carbonyl (C=O) groups excluding carboxylic acids is 3. The van der Waals surface area contributed by atoms with Crippen LogP contribution in [0, 0.1) is 5.92 Å². The molecule has 0 aromatic heterocycles. The molecule has 9 rings (SSSR count).